The molecule has 1 aliphatic heterocycles. The molecule has 8 heteroatoms. The molecule has 4 heterocycles. The second-order valence-electron chi connectivity index (χ2n) is 10.9. The minimum atomic E-state index is -0.104. The summed E-state index contributed by atoms with van der Waals surface area (Å²) in [6.07, 6.45) is 8.98. The van der Waals surface area contributed by atoms with Crippen LogP contribution in [0.5, 0.6) is 5.75 Å². The molecule has 38 heavy (non-hydrogen) atoms. The summed E-state index contributed by atoms with van der Waals surface area (Å²) in [6, 6.07) is 15.9. The fraction of sp³-hybridized carbons (Fsp3) is 0.300. The molecular formula is C30H30N6O2. The number of anilines is 1. The van der Waals surface area contributed by atoms with Crippen LogP contribution in [0.4, 0.5) is 5.82 Å². The number of benzene rings is 2. The van der Waals surface area contributed by atoms with Gasteiger partial charge in [0.15, 0.2) is 0 Å². The van der Waals surface area contributed by atoms with Crippen molar-refractivity contribution in [3.63, 3.8) is 0 Å². The van der Waals surface area contributed by atoms with Gasteiger partial charge in [-0.05, 0) is 68.1 Å². The molecule has 0 amide bonds. The van der Waals surface area contributed by atoms with Gasteiger partial charge in [-0.3, -0.25) is 9.36 Å². The Hall–Kier alpha value is -4.17. The van der Waals surface area contributed by atoms with Crippen molar-refractivity contribution in [2.75, 3.05) is 33.0 Å². The lowest BCUT2D eigenvalue weighted by atomic mass is 9.65. The summed E-state index contributed by atoms with van der Waals surface area (Å²) in [4.78, 5) is 25.1. The van der Waals surface area contributed by atoms with Crippen molar-refractivity contribution in [3.8, 4) is 22.6 Å². The highest BCUT2D eigenvalue weighted by Gasteiger charge is 2.48. The Labute approximate surface area is 220 Å². The molecule has 0 radical (unpaired) electrons. The molecule has 192 valence electrons. The van der Waals surface area contributed by atoms with Crippen molar-refractivity contribution in [1.82, 2.24) is 24.0 Å². The molecule has 2 aliphatic rings. The number of aromatic nitrogens is 4. The van der Waals surface area contributed by atoms with Crippen LogP contribution >= 0.6 is 0 Å². The molecule has 1 saturated heterocycles. The molecule has 2 N–H and O–H groups in total. The van der Waals surface area contributed by atoms with Gasteiger partial charge in [-0.15, -0.1) is 0 Å². The number of hydrogen-bond acceptors (Lipinski definition) is 6. The third kappa shape index (κ3) is 3.44. The predicted molar refractivity (Wildman–Crippen MR) is 150 cm³/mol. The van der Waals surface area contributed by atoms with Crippen LogP contribution in [0, 0.1) is 5.41 Å². The van der Waals surface area contributed by atoms with Crippen molar-refractivity contribution in [3.05, 3.63) is 77.6 Å². The molecule has 0 unspecified atom stereocenters. The molecule has 2 fully saturated rings. The number of ether oxygens (including phenoxy) is 1. The summed E-state index contributed by atoms with van der Waals surface area (Å²) in [5, 5.41) is 2.19. The van der Waals surface area contributed by atoms with Gasteiger partial charge in [0.25, 0.3) is 5.56 Å². The number of rotatable bonds is 4. The third-order valence-electron chi connectivity index (χ3n) is 8.54. The second kappa shape index (κ2) is 8.43. The third-order valence-corrected chi connectivity index (χ3v) is 8.54. The maximum atomic E-state index is 13.7. The number of nitrogens with zero attached hydrogens (tertiary/aromatic N) is 5. The molecule has 0 bridgehead atoms. The van der Waals surface area contributed by atoms with Crippen LogP contribution in [0.1, 0.15) is 25.3 Å². The van der Waals surface area contributed by atoms with E-state index in [1.54, 1.807) is 24.2 Å². The number of methoxy groups -OCH3 is 1. The fourth-order valence-corrected chi connectivity index (χ4v) is 6.66. The van der Waals surface area contributed by atoms with Crippen LogP contribution < -0.4 is 16.0 Å². The van der Waals surface area contributed by atoms with Crippen LogP contribution in [-0.2, 0) is 0 Å². The van der Waals surface area contributed by atoms with Crippen molar-refractivity contribution in [2.45, 2.75) is 25.3 Å². The van der Waals surface area contributed by atoms with E-state index in [4.69, 9.17) is 10.5 Å². The average molecular weight is 507 g/mol. The number of para-hydroxylation sites is 1. The van der Waals surface area contributed by atoms with E-state index in [1.165, 1.54) is 13.0 Å². The highest BCUT2D eigenvalue weighted by atomic mass is 16.5. The zero-order valence-corrected chi connectivity index (χ0v) is 21.6. The summed E-state index contributed by atoms with van der Waals surface area (Å²) in [5.74, 6) is 1.09. The van der Waals surface area contributed by atoms with Gasteiger partial charge in [-0.1, -0.05) is 24.3 Å². The number of fused-ring (bicyclic) bond motifs is 2. The normalized spacial score (nSPS) is 21.4. The van der Waals surface area contributed by atoms with Crippen LogP contribution in [-0.4, -0.2) is 51.2 Å². The SMILES string of the molecule is COc1cn(-c2ccccc2)c(=O)c2cc(-c3cn(C4CC5(CCN(C)C5)C4)c4ncnc(N)c34)ccc12. The minimum absolute atomic E-state index is 0.104. The zero-order chi connectivity index (χ0) is 26.0. The highest BCUT2D eigenvalue weighted by molar-refractivity contribution is 6.02. The molecule has 5 aromatic rings. The molecule has 3 aromatic heterocycles. The van der Waals surface area contributed by atoms with Gasteiger partial charge in [0, 0.05) is 35.4 Å². The van der Waals surface area contributed by atoms with Gasteiger partial charge in [-0.2, -0.15) is 0 Å². The number of nitrogen functional groups attached to an aromatic ring is 1. The first kappa shape index (κ1) is 23.0. The van der Waals surface area contributed by atoms with Crippen molar-refractivity contribution in [1.29, 1.82) is 0 Å². The van der Waals surface area contributed by atoms with E-state index in [1.807, 2.05) is 48.5 Å². The molecule has 8 nitrogen and oxygen atoms in total. The standard InChI is InChI=1S/C30H30N6O2/c1-34-11-10-30(17-34)13-21(14-30)35-15-24(26-27(31)32-18-33-28(26)35)19-8-9-22-23(12-19)29(37)36(16-25(22)38-2)20-6-4-3-5-7-20/h3-9,12,15-16,18,21H,10-11,13-14,17H2,1-2H3,(H2,31,32,33). The monoisotopic (exact) mass is 506 g/mol. The first-order chi connectivity index (χ1) is 18.5. The lowest BCUT2D eigenvalue weighted by Gasteiger charge is -2.46. The van der Waals surface area contributed by atoms with Crippen molar-refractivity contribution >= 4 is 27.6 Å². The molecule has 0 atom stereocenters. The van der Waals surface area contributed by atoms with Crippen molar-refractivity contribution < 1.29 is 4.74 Å². The Balaban J connectivity index is 1.38. The van der Waals surface area contributed by atoms with Gasteiger partial charge in [-0.25, -0.2) is 9.97 Å². The number of likely N-dealkylation sites (tertiary alicyclic amines) is 1. The molecule has 2 aromatic carbocycles. The van der Waals surface area contributed by atoms with E-state index >= 15 is 0 Å². The summed E-state index contributed by atoms with van der Waals surface area (Å²) in [7, 11) is 3.83. The van der Waals surface area contributed by atoms with Gasteiger partial charge in [0.05, 0.1) is 24.1 Å². The van der Waals surface area contributed by atoms with E-state index in [0.29, 0.717) is 28.4 Å². The minimum Gasteiger partial charge on any atom is -0.495 e. The smallest absolute Gasteiger partial charge is 0.263 e. The second-order valence-corrected chi connectivity index (χ2v) is 10.9. The van der Waals surface area contributed by atoms with Crippen molar-refractivity contribution in [2.24, 2.45) is 5.41 Å². The summed E-state index contributed by atoms with van der Waals surface area (Å²) >= 11 is 0. The van der Waals surface area contributed by atoms with Gasteiger partial charge >= 0.3 is 0 Å². The van der Waals surface area contributed by atoms with Crippen LogP contribution in [0.25, 0.3) is 38.6 Å². The predicted octanol–water partition coefficient (Wildman–Crippen LogP) is 4.65. The largest absolute Gasteiger partial charge is 0.495 e. The quantitative estimate of drug-likeness (QED) is 0.382. The molecule has 1 spiro atoms. The highest BCUT2D eigenvalue weighted by Crippen LogP contribution is 2.55. The lowest BCUT2D eigenvalue weighted by Crippen LogP contribution is -2.40. The Morgan fingerprint density at radius 2 is 1.87 bits per heavy atom. The van der Waals surface area contributed by atoms with E-state index < -0.39 is 0 Å². The van der Waals surface area contributed by atoms with Gasteiger partial charge in [0.2, 0.25) is 0 Å². The Morgan fingerprint density at radius 1 is 1.05 bits per heavy atom. The maximum absolute atomic E-state index is 13.7. The number of pyridine rings is 1. The lowest BCUT2D eigenvalue weighted by molar-refractivity contribution is 0.0759. The van der Waals surface area contributed by atoms with Crippen LogP contribution in [0.2, 0.25) is 0 Å². The number of nitrogens with two attached hydrogens (primary N) is 1. The van der Waals surface area contributed by atoms with Crippen LogP contribution in [0.15, 0.2) is 72.0 Å². The van der Waals surface area contributed by atoms with Gasteiger partial charge in [0.1, 0.15) is 23.5 Å². The number of hydrogen-bond donors (Lipinski definition) is 1. The maximum Gasteiger partial charge on any atom is 0.263 e. The Morgan fingerprint density at radius 3 is 2.61 bits per heavy atom. The van der Waals surface area contributed by atoms with Crippen LogP contribution in [0.3, 0.4) is 0 Å². The summed E-state index contributed by atoms with van der Waals surface area (Å²) in [6.45, 7) is 2.33. The molecule has 1 saturated carbocycles. The summed E-state index contributed by atoms with van der Waals surface area (Å²) in [5.41, 5.74) is 10.2. The van der Waals surface area contributed by atoms with E-state index in [9.17, 15) is 4.79 Å². The topological polar surface area (TPSA) is 91.2 Å². The summed E-state index contributed by atoms with van der Waals surface area (Å²) < 4.78 is 9.60. The van der Waals surface area contributed by atoms with E-state index in [2.05, 4.69) is 32.7 Å². The average Bonchev–Trinajstić information content (AvgIpc) is 3.50. The molecule has 1 aliphatic carbocycles. The zero-order valence-electron chi connectivity index (χ0n) is 21.6. The molecule has 7 rings (SSSR count). The van der Waals surface area contributed by atoms with E-state index in [-0.39, 0.29) is 5.56 Å². The van der Waals surface area contributed by atoms with Gasteiger partial charge < -0.3 is 19.9 Å². The first-order valence-electron chi connectivity index (χ1n) is 13.1. The molecular weight excluding hydrogens is 476 g/mol. The van der Waals surface area contributed by atoms with E-state index in [0.717, 1.165) is 52.6 Å². The Kier molecular flexibility index (Phi) is 5.10. The fourth-order valence-electron chi connectivity index (χ4n) is 6.66. The first-order valence-corrected chi connectivity index (χ1v) is 13.1. The Bertz CT molecular complexity index is 1750.